The molecule has 0 aliphatic carbocycles. The Bertz CT molecular complexity index is 707. The fourth-order valence-corrected chi connectivity index (χ4v) is 2.78. The van der Waals surface area contributed by atoms with Crippen LogP contribution in [0.15, 0.2) is 42.5 Å². The van der Waals surface area contributed by atoms with Gasteiger partial charge in [-0.2, -0.15) is 0 Å². The van der Waals surface area contributed by atoms with Crippen molar-refractivity contribution < 1.29 is 13.6 Å². The zero-order valence-electron chi connectivity index (χ0n) is 12.6. The molecule has 1 aliphatic rings. The molecule has 1 aliphatic heterocycles. The molecular weight excluding hydrogens is 298 g/mol. The van der Waals surface area contributed by atoms with Gasteiger partial charge >= 0.3 is 0 Å². The average Bonchev–Trinajstić information content (AvgIpc) is 2.55. The van der Waals surface area contributed by atoms with E-state index in [4.69, 9.17) is 5.73 Å². The highest BCUT2D eigenvalue weighted by atomic mass is 19.1. The number of likely N-dealkylation sites (tertiary alicyclic amines) is 1. The van der Waals surface area contributed by atoms with Gasteiger partial charge in [0.25, 0.3) is 5.91 Å². The number of nitrogens with zero attached hydrogens (tertiary/aromatic N) is 1. The molecule has 0 spiro atoms. The van der Waals surface area contributed by atoms with Crippen molar-refractivity contribution in [3.05, 3.63) is 59.7 Å². The lowest BCUT2D eigenvalue weighted by Gasteiger charge is -2.30. The topological polar surface area (TPSA) is 46.3 Å². The average molecular weight is 316 g/mol. The number of amides is 1. The molecule has 0 saturated carbocycles. The standard InChI is InChI=1S/C18H18F2N2O/c19-14-4-1-12(2-5-14)13-3-6-16(17(20)11-13)18(23)22-9-7-15(21)8-10-22/h1-6,11,15H,7-10,21H2. The molecule has 2 aromatic rings. The maximum absolute atomic E-state index is 14.4. The van der Waals surface area contributed by atoms with E-state index in [-0.39, 0.29) is 23.3 Å². The molecule has 1 fully saturated rings. The Balaban J connectivity index is 1.81. The summed E-state index contributed by atoms with van der Waals surface area (Å²) >= 11 is 0. The number of rotatable bonds is 2. The number of piperidine rings is 1. The van der Waals surface area contributed by atoms with Crippen molar-refractivity contribution >= 4 is 5.91 Å². The van der Waals surface area contributed by atoms with Gasteiger partial charge in [-0.3, -0.25) is 4.79 Å². The van der Waals surface area contributed by atoms with Gasteiger partial charge in [-0.1, -0.05) is 18.2 Å². The Kier molecular flexibility index (Phi) is 4.39. The molecule has 23 heavy (non-hydrogen) atoms. The Morgan fingerprint density at radius 1 is 1.00 bits per heavy atom. The Morgan fingerprint density at radius 2 is 1.61 bits per heavy atom. The summed E-state index contributed by atoms with van der Waals surface area (Å²) in [6, 6.07) is 10.4. The summed E-state index contributed by atoms with van der Waals surface area (Å²) < 4.78 is 27.3. The van der Waals surface area contributed by atoms with Crippen LogP contribution in [-0.4, -0.2) is 29.9 Å². The third kappa shape index (κ3) is 3.40. The highest BCUT2D eigenvalue weighted by Gasteiger charge is 2.23. The highest BCUT2D eigenvalue weighted by Crippen LogP contribution is 2.23. The van der Waals surface area contributed by atoms with Crippen molar-refractivity contribution in [2.75, 3.05) is 13.1 Å². The Morgan fingerprint density at radius 3 is 2.22 bits per heavy atom. The predicted molar refractivity (Wildman–Crippen MR) is 84.9 cm³/mol. The van der Waals surface area contributed by atoms with Gasteiger partial charge in [-0.15, -0.1) is 0 Å². The van der Waals surface area contributed by atoms with Crippen LogP contribution >= 0.6 is 0 Å². The first-order chi connectivity index (χ1) is 11.0. The molecule has 120 valence electrons. The van der Waals surface area contributed by atoms with Crippen LogP contribution in [0.4, 0.5) is 8.78 Å². The number of halogens is 2. The maximum Gasteiger partial charge on any atom is 0.256 e. The molecule has 3 rings (SSSR count). The van der Waals surface area contributed by atoms with E-state index in [1.54, 1.807) is 23.1 Å². The molecule has 3 nitrogen and oxygen atoms in total. The fourth-order valence-electron chi connectivity index (χ4n) is 2.78. The number of hydrogen-bond donors (Lipinski definition) is 1. The van der Waals surface area contributed by atoms with Gasteiger partial charge in [-0.05, 0) is 48.2 Å². The second-order valence-electron chi connectivity index (χ2n) is 5.83. The molecule has 0 radical (unpaired) electrons. The van der Waals surface area contributed by atoms with E-state index in [0.717, 1.165) is 12.8 Å². The largest absolute Gasteiger partial charge is 0.338 e. The van der Waals surface area contributed by atoms with E-state index in [1.165, 1.54) is 24.3 Å². The summed E-state index contributed by atoms with van der Waals surface area (Å²) in [6.45, 7) is 1.11. The SMILES string of the molecule is NC1CCN(C(=O)c2ccc(-c3ccc(F)cc3)cc2F)CC1. The predicted octanol–water partition coefficient (Wildman–Crippen LogP) is 3.20. The van der Waals surface area contributed by atoms with Crippen molar-refractivity contribution in [1.82, 2.24) is 4.90 Å². The number of nitrogens with two attached hydrogens (primary N) is 1. The van der Waals surface area contributed by atoms with Gasteiger partial charge in [0.1, 0.15) is 11.6 Å². The zero-order valence-corrected chi connectivity index (χ0v) is 12.6. The van der Waals surface area contributed by atoms with Crippen LogP contribution in [0.3, 0.4) is 0 Å². The monoisotopic (exact) mass is 316 g/mol. The zero-order chi connectivity index (χ0) is 16.4. The number of hydrogen-bond acceptors (Lipinski definition) is 2. The molecule has 1 amide bonds. The number of benzene rings is 2. The van der Waals surface area contributed by atoms with E-state index in [9.17, 15) is 13.6 Å². The van der Waals surface area contributed by atoms with E-state index in [2.05, 4.69) is 0 Å². The van der Waals surface area contributed by atoms with Crippen LogP contribution in [-0.2, 0) is 0 Å². The van der Waals surface area contributed by atoms with Gasteiger partial charge in [0.15, 0.2) is 0 Å². The molecule has 5 heteroatoms. The van der Waals surface area contributed by atoms with Gasteiger partial charge in [0, 0.05) is 19.1 Å². The van der Waals surface area contributed by atoms with Gasteiger partial charge < -0.3 is 10.6 Å². The van der Waals surface area contributed by atoms with Gasteiger partial charge in [-0.25, -0.2) is 8.78 Å². The smallest absolute Gasteiger partial charge is 0.256 e. The van der Waals surface area contributed by atoms with Gasteiger partial charge in [0.05, 0.1) is 5.56 Å². The van der Waals surface area contributed by atoms with Crippen LogP contribution < -0.4 is 5.73 Å². The Labute approximate surface area is 133 Å². The molecule has 0 aromatic heterocycles. The van der Waals surface area contributed by atoms with E-state index < -0.39 is 5.82 Å². The molecule has 0 atom stereocenters. The van der Waals surface area contributed by atoms with Crippen molar-refractivity contribution in [3.8, 4) is 11.1 Å². The highest BCUT2D eigenvalue weighted by molar-refractivity contribution is 5.95. The summed E-state index contributed by atoms with van der Waals surface area (Å²) in [7, 11) is 0. The van der Waals surface area contributed by atoms with Crippen LogP contribution in [0.2, 0.25) is 0 Å². The van der Waals surface area contributed by atoms with Crippen molar-refractivity contribution in [2.24, 2.45) is 5.73 Å². The maximum atomic E-state index is 14.4. The fraction of sp³-hybridized carbons (Fsp3) is 0.278. The van der Waals surface area contributed by atoms with Crippen molar-refractivity contribution in [1.29, 1.82) is 0 Å². The molecular formula is C18H18F2N2O. The minimum Gasteiger partial charge on any atom is -0.338 e. The molecule has 0 unspecified atom stereocenters. The van der Waals surface area contributed by atoms with E-state index in [0.29, 0.717) is 24.2 Å². The minimum absolute atomic E-state index is 0.0614. The van der Waals surface area contributed by atoms with Gasteiger partial charge in [0.2, 0.25) is 0 Å². The number of carbonyl (C=O) groups is 1. The first-order valence-electron chi connectivity index (χ1n) is 7.65. The lowest BCUT2D eigenvalue weighted by atomic mass is 10.0. The Hall–Kier alpha value is -2.27. The van der Waals surface area contributed by atoms with Crippen molar-refractivity contribution in [3.63, 3.8) is 0 Å². The summed E-state index contributed by atoms with van der Waals surface area (Å²) in [5, 5.41) is 0. The van der Waals surface area contributed by atoms with Crippen LogP contribution in [0.25, 0.3) is 11.1 Å². The lowest BCUT2D eigenvalue weighted by Crippen LogP contribution is -2.43. The molecule has 2 N–H and O–H groups in total. The molecule has 1 heterocycles. The summed E-state index contributed by atoms with van der Waals surface area (Å²) in [5.41, 5.74) is 7.20. The van der Waals surface area contributed by atoms with E-state index in [1.807, 2.05) is 0 Å². The lowest BCUT2D eigenvalue weighted by molar-refractivity contribution is 0.0710. The molecule has 1 saturated heterocycles. The quantitative estimate of drug-likeness (QED) is 0.925. The normalized spacial score (nSPS) is 15.7. The van der Waals surface area contributed by atoms with Crippen LogP contribution in [0.5, 0.6) is 0 Å². The second kappa shape index (κ2) is 6.46. The summed E-state index contributed by atoms with van der Waals surface area (Å²) in [4.78, 5) is 14.1. The summed E-state index contributed by atoms with van der Waals surface area (Å²) in [5.74, 6) is -1.21. The van der Waals surface area contributed by atoms with Crippen LogP contribution in [0, 0.1) is 11.6 Å². The molecule has 2 aromatic carbocycles. The van der Waals surface area contributed by atoms with Crippen LogP contribution in [0.1, 0.15) is 23.2 Å². The second-order valence-corrected chi connectivity index (χ2v) is 5.83. The third-order valence-electron chi connectivity index (χ3n) is 4.20. The minimum atomic E-state index is -0.563. The first kappa shape index (κ1) is 15.6. The molecule has 0 bridgehead atoms. The summed E-state index contributed by atoms with van der Waals surface area (Å²) in [6.07, 6.45) is 1.47. The van der Waals surface area contributed by atoms with Crippen molar-refractivity contribution in [2.45, 2.75) is 18.9 Å². The first-order valence-corrected chi connectivity index (χ1v) is 7.65. The van der Waals surface area contributed by atoms with E-state index >= 15 is 0 Å². The third-order valence-corrected chi connectivity index (χ3v) is 4.20. The number of carbonyl (C=O) groups excluding carboxylic acids is 1.